The van der Waals surface area contributed by atoms with Gasteiger partial charge in [-0.25, -0.2) is 0 Å². The van der Waals surface area contributed by atoms with Crippen LogP contribution in [0.2, 0.25) is 0 Å². The van der Waals surface area contributed by atoms with E-state index in [-0.39, 0.29) is 0 Å². The third-order valence-electron chi connectivity index (χ3n) is 2.47. The molecule has 18 heavy (non-hydrogen) atoms. The molecule has 0 amide bonds. The number of nitro groups is 1. The van der Waals surface area contributed by atoms with Crippen LogP contribution in [0.1, 0.15) is 18.8 Å². The lowest BCUT2D eigenvalue weighted by Crippen LogP contribution is -1.92. The van der Waals surface area contributed by atoms with Crippen molar-refractivity contribution >= 4 is 5.69 Å². The van der Waals surface area contributed by atoms with Gasteiger partial charge in [0.25, 0.3) is 0 Å². The summed E-state index contributed by atoms with van der Waals surface area (Å²) in [6, 6.07) is 6.64. The summed E-state index contributed by atoms with van der Waals surface area (Å²) in [4.78, 5) is 9.68. The highest BCUT2D eigenvalue weighted by molar-refractivity contribution is 5.60. The zero-order valence-corrected chi connectivity index (χ0v) is 9.46. The number of hydrogen-bond donors (Lipinski definition) is 1. The summed E-state index contributed by atoms with van der Waals surface area (Å²) in [6.45, 7) is 1.54. The number of aliphatic hydroxyl groups is 1. The molecular weight excluding hydrogens is 241 g/mol. The Morgan fingerprint density at radius 1 is 1.39 bits per heavy atom. The highest BCUT2D eigenvalue weighted by atomic mass is 19.1. The molecule has 2 rings (SSSR count). The molecule has 1 atom stereocenters. The summed E-state index contributed by atoms with van der Waals surface area (Å²) in [5.74, 6) is -0.226. The van der Waals surface area contributed by atoms with Crippen molar-refractivity contribution in [1.29, 1.82) is 0 Å². The van der Waals surface area contributed by atoms with Crippen molar-refractivity contribution in [2.75, 3.05) is 0 Å². The maximum Gasteiger partial charge on any atom is 0.304 e. The summed E-state index contributed by atoms with van der Waals surface area (Å²) in [7, 11) is 0. The van der Waals surface area contributed by atoms with Gasteiger partial charge in [-0.15, -0.1) is 0 Å². The first-order valence-corrected chi connectivity index (χ1v) is 5.21. The normalized spacial score (nSPS) is 12.4. The lowest BCUT2D eigenvalue weighted by atomic mass is 10.1. The van der Waals surface area contributed by atoms with Gasteiger partial charge in [0, 0.05) is 11.6 Å². The van der Waals surface area contributed by atoms with Gasteiger partial charge in [0.1, 0.15) is 17.6 Å². The van der Waals surface area contributed by atoms with Gasteiger partial charge in [-0.2, -0.15) is 4.39 Å². The predicted molar refractivity (Wildman–Crippen MR) is 61.4 cm³/mol. The van der Waals surface area contributed by atoms with Crippen LogP contribution in [0.25, 0.3) is 11.3 Å². The van der Waals surface area contributed by atoms with Crippen molar-refractivity contribution < 1.29 is 18.8 Å². The lowest BCUT2D eigenvalue weighted by Gasteiger charge is -2.00. The molecule has 0 radical (unpaired) electrons. The monoisotopic (exact) mass is 251 g/mol. The Morgan fingerprint density at radius 3 is 2.61 bits per heavy atom. The van der Waals surface area contributed by atoms with Crippen LogP contribution >= 0.6 is 0 Å². The van der Waals surface area contributed by atoms with Crippen LogP contribution < -0.4 is 0 Å². The Bertz CT molecular complexity index is 592. The maximum absolute atomic E-state index is 13.4. The van der Waals surface area contributed by atoms with Gasteiger partial charge in [-0.05, 0) is 31.2 Å². The molecule has 1 aromatic carbocycles. The Kier molecular flexibility index (Phi) is 3.12. The van der Waals surface area contributed by atoms with Gasteiger partial charge in [0.05, 0.1) is 4.92 Å². The van der Waals surface area contributed by atoms with Crippen molar-refractivity contribution in [3.8, 4) is 11.3 Å². The second-order valence-electron chi connectivity index (χ2n) is 3.80. The van der Waals surface area contributed by atoms with E-state index in [4.69, 9.17) is 4.42 Å². The molecule has 0 spiro atoms. The fourth-order valence-electron chi connectivity index (χ4n) is 1.54. The van der Waals surface area contributed by atoms with Crippen LogP contribution in [-0.2, 0) is 0 Å². The van der Waals surface area contributed by atoms with Gasteiger partial charge in [-0.3, -0.25) is 10.1 Å². The summed E-state index contributed by atoms with van der Waals surface area (Å²) in [6.07, 6.45) is -0.762. The average Bonchev–Trinajstić information content (AvgIpc) is 2.77. The van der Waals surface area contributed by atoms with Crippen molar-refractivity contribution in [2.45, 2.75) is 13.0 Å². The second kappa shape index (κ2) is 4.58. The topological polar surface area (TPSA) is 76.5 Å². The standard InChI is InChI=1S/C12H10FNO4/c1-7(15)11-4-5-12(18-11)8-2-3-10(14(16)17)9(13)6-8/h2-7,15H,1H3. The lowest BCUT2D eigenvalue weighted by molar-refractivity contribution is -0.387. The molecule has 1 heterocycles. The second-order valence-corrected chi connectivity index (χ2v) is 3.80. The van der Waals surface area contributed by atoms with Crippen molar-refractivity contribution in [1.82, 2.24) is 0 Å². The Labute approximate surface area is 102 Å². The third-order valence-corrected chi connectivity index (χ3v) is 2.47. The van der Waals surface area contributed by atoms with Gasteiger partial charge in [0.15, 0.2) is 0 Å². The highest BCUT2D eigenvalue weighted by Gasteiger charge is 2.16. The summed E-state index contributed by atoms with van der Waals surface area (Å²) in [5.41, 5.74) is -0.203. The van der Waals surface area contributed by atoms with E-state index in [1.807, 2.05) is 0 Å². The predicted octanol–water partition coefficient (Wildman–Crippen LogP) is 3.05. The van der Waals surface area contributed by atoms with Crippen LogP contribution in [0.15, 0.2) is 34.7 Å². The zero-order chi connectivity index (χ0) is 13.3. The van der Waals surface area contributed by atoms with E-state index in [0.717, 1.165) is 12.1 Å². The van der Waals surface area contributed by atoms with E-state index >= 15 is 0 Å². The first kappa shape index (κ1) is 12.3. The fraction of sp³-hybridized carbons (Fsp3) is 0.167. The summed E-state index contributed by atoms with van der Waals surface area (Å²) in [5, 5.41) is 19.8. The number of nitro benzene ring substituents is 1. The van der Waals surface area contributed by atoms with E-state index in [2.05, 4.69) is 0 Å². The minimum absolute atomic E-state index is 0.347. The number of rotatable bonds is 3. The Morgan fingerprint density at radius 2 is 2.11 bits per heavy atom. The molecule has 1 aromatic heterocycles. The van der Waals surface area contributed by atoms with Gasteiger partial charge in [0.2, 0.25) is 5.82 Å². The molecule has 0 fully saturated rings. The molecule has 0 aliphatic heterocycles. The highest BCUT2D eigenvalue weighted by Crippen LogP contribution is 2.28. The molecule has 1 N–H and O–H groups in total. The smallest absolute Gasteiger partial charge is 0.304 e. The fourth-order valence-corrected chi connectivity index (χ4v) is 1.54. The van der Waals surface area contributed by atoms with Crippen LogP contribution in [0, 0.1) is 15.9 Å². The van der Waals surface area contributed by atoms with E-state index in [0.29, 0.717) is 17.1 Å². The molecule has 1 unspecified atom stereocenters. The summed E-state index contributed by atoms with van der Waals surface area (Å²) >= 11 is 0. The van der Waals surface area contributed by atoms with Crippen LogP contribution in [0.5, 0.6) is 0 Å². The molecule has 94 valence electrons. The first-order chi connectivity index (χ1) is 8.49. The minimum Gasteiger partial charge on any atom is -0.458 e. The molecule has 0 saturated carbocycles. The number of benzene rings is 1. The largest absolute Gasteiger partial charge is 0.458 e. The Balaban J connectivity index is 2.39. The molecule has 0 aliphatic carbocycles. The average molecular weight is 251 g/mol. The molecule has 5 nitrogen and oxygen atoms in total. The molecular formula is C12H10FNO4. The molecule has 0 aliphatic rings. The number of halogens is 1. The van der Waals surface area contributed by atoms with Crippen molar-refractivity contribution in [3.63, 3.8) is 0 Å². The first-order valence-electron chi connectivity index (χ1n) is 5.21. The molecule has 2 aromatic rings. The number of nitrogens with zero attached hydrogens (tertiary/aromatic N) is 1. The van der Waals surface area contributed by atoms with Crippen LogP contribution in [0.4, 0.5) is 10.1 Å². The van der Waals surface area contributed by atoms with Gasteiger partial charge >= 0.3 is 5.69 Å². The van der Waals surface area contributed by atoms with Crippen LogP contribution in [-0.4, -0.2) is 10.0 Å². The zero-order valence-electron chi connectivity index (χ0n) is 9.46. The van der Waals surface area contributed by atoms with E-state index in [1.165, 1.54) is 6.07 Å². The number of furan rings is 1. The molecule has 0 bridgehead atoms. The Hall–Kier alpha value is -2.21. The maximum atomic E-state index is 13.4. The SMILES string of the molecule is CC(O)c1ccc(-c2ccc([N+](=O)[O-])c(F)c2)o1. The third kappa shape index (κ3) is 2.23. The van der Waals surface area contributed by atoms with Crippen molar-refractivity contribution in [2.24, 2.45) is 0 Å². The molecule has 0 saturated heterocycles. The number of hydrogen-bond acceptors (Lipinski definition) is 4. The van der Waals surface area contributed by atoms with Gasteiger partial charge in [-0.1, -0.05) is 0 Å². The summed E-state index contributed by atoms with van der Waals surface area (Å²) < 4.78 is 18.7. The quantitative estimate of drug-likeness (QED) is 0.671. The van der Waals surface area contributed by atoms with Crippen molar-refractivity contribution in [3.05, 3.63) is 52.0 Å². The van der Waals surface area contributed by atoms with Crippen LogP contribution in [0.3, 0.4) is 0 Å². The number of aliphatic hydroxyl groups excluding tert-OH is 1. The van der Waals surface area contributed by atoms with E-state index < -0.39 is 22.5 Å². The van der Waals surface area contributed by atoms with Gasteiger partial charge < -0.3 is 9.52 Å². The van der Waals surface area contributed by atoms with E-state index in [9.17, 15) is 19.6 Å². The minimum atomic E-state index is -0.924. The molecule has 6 heteroatoms. The van der Waals surface area contributed by atoms with E-state index in [1.54, 1.807) is 19.1 Å².